The molecule has 1 fully saturated rings. The number of benzene rings is 1. The zero-order chi connectivity index (χ0) is 18.9. The van der Waals surface area contributed by atoms with Crippen molar-refractivity contribution in [3.63, 3.8) is 0 Å². The fourth-order valence-electron chi connectivity index (χ4n) is 2.31. The van der Waals surface area contributed by atoms with Crippen LogP contribution in [0.3, 0.4) is 0 Å². The Morgan fingerprint density at radius 2 is 2.35 bits per heavy atom. The Bertz CT molecular complexity index is 728. The molecule has 4 N–H and O–H groups in total. The fourth-order valence-corrected chi connectivity index (χ4v) is 3.30. The number of hydrogen-bond acceptors (Lipinski definition) is 7. The second-order valence-electron chi connectivity index (χ2n) is 5.68. The first-order valence-electron chi connectivity index (χ1n) is 7.94. The number of carbonyl (C=O) groups is 1. The van der Waals surface area contributed by atoms with Crippen LogP contribution in [0.25, 0.3) is 0 Å². The first-order chi connectivity index (χ1) is 12.6. The van der Waals surface area contributed by atoms with Gasteiger partial charge in [0, 0.05) is 42.7 Å². The van der Waals surface area contributed by atoms with Crippen LogP contribution in [0.4, 0.5) is 5.69 Å². The number of anilines is 1. The van der Waals surface area contributed by atoms with Crippen molar-refractivity contribution in [1.29, 1.82) is 5.41 Å². The second-order valence-corrected chi connectivity index (χ2v) is 6.85. The molecule has 0 bridgehead atoms. The molecular formula is C17H22N6O2S. The Labute approximate surface area is 156 Å². The predicted molar refractivity (Wildman–Crippen MR) is 107 cm³/mol. The van der Waals surface area contributed by atoms with Crippen LogP contribution in [0, 0.1) is 18.3 Å². The monoisotopic (exact) mass is 374 g/mol. The SMILES string of the molecule is C=N/C(=N\OCC1CN(S/C(C=N)=C/N)C1)c1ccc(C)c(NC=O)c1. The minimum absolute atomic E-state index is 0.354. The van der Waals surface area contributed by atoms with Gasteiger partial charge in [0.15, 0.2) is 5.84 Å². The molecule has 1 aliphatic heterocycles. The number of aliphatic imine (C=N–C) groups is 1. The van der Waals surface area contributed by atoms with Gasteiger partial charge in [0.2, 0.25) is 6.41 Å². The molecule has 1 aromatic rings. The van der Waals surface area contributed by atoms with E-state index in [1.807, 2.05) is 19.1 Å². The number of nitrogens with one attached hydrogen (secondary N) is 2. The fraction of sp³-hybridized carbons (Fsp3) is 0.294. The molecule has 0 saturated carbocycles. The quantitative estimate of drug-likeness (QED) is 0.201. The molecule has 9 heteroatoms. The van der Waals surface area contributed by atoms with Crippen molar-refractivity contribution in [2.24, 2.45) is 21.8 Å². The number of amidine groups is 1. The summed E-state index contributed by atoms with van der Waals surface area (Å²) in [5, 5.41) is 13.9. The molecular weight excluding hydrogens is 352 g/mol. The molecule has 1 aromatic carbocycles. The van der Waals surface area contributed by atoms with E-state index in [-0.39, 0.29) is 0 Å². The molecule has 0 atom stereocenters. The summed E-state index contributed by atoms with van der Waals surface area (Å²) in [5.41, 5.74) is 7.77. The summed E-state index contributed by atoms with van der Waals surface area (Å²) in [5.74, 6) is 0.717. The maximum absolute atomic E-state index is 10.7. The number of aryl methyl sites for hydroxylation is 1. The van der Waals surface area contributed by atoms with Crippen molar-refractivity contribution in [3.05, 3.63) is 40.4 Å². The zero-order valence-corrected chi connectivity index (χ0v) is 15.3. The van der Waals surface area contributed by atoms with Crippen molar-refractivity contribution < 1.29 is 9.63 Å². The van der Waals surface area contributed by atoms with E-state index in [0.29, 0.717) is 40.9 Å². The highest BCUT2D eigenvalue weighted by molar-refractivity contribution is 8.01. The van der Waals surface area contributed by atoms with E-state index in [0.717, 1.165) is 18.7 Å². The van der Waals surface area contributed by atoms with E-state index in [1.165, 1.54) is 24.4 Å². The van der Waals surface area contributed by atoms with Gasteiger partial charge in [0.05, 0.1) is 4.91 Å². The number of carbonyl (C=O) groups excluding carboxylic acids is 1. The van der Waals surface area contributed by atoms with Crippen molar-refractivity contribution >= 4 is 42.8 Å². The van der Waals surface area contributed by atoms with E-state index in [4.69, 9.17) is 16.0 Å². The minimum atomic E-state index is 0.354. The van der Waals surface area contributed by atoms with Gasteiger partial charge in [-0.15, -0.1) is 0 Å². The van der Waals surface area contributed by atoms with Gasteiger partial charge >= 0.3 is 0 Å². The molecule has 1 saturated heterocycles. The third-order valence-corrected chi connectivity index (χ3v) is 4.81. The number of amides is 1. The van der Waals surface area contributed by atoms with E-state index in [9.17, 15) is 4.79 Å². The molecule has 1 amide bonds. The number of hydrogen-bond donors (Lipinski definition) is 3. The van der Waals surface area contributed by atoms with Gasteiger partial charge in [-0.1, -0.05) is 17.3 Å². The average molecular weight is 374 g/mol. The van der Waals surface area contributed by atoms with Crippen LogP contribution in [0.5, 0.6) is 0 Å². The largest absolute Gasteiger partial charge is 0.404 e. The van der Waals surface area contributed by atoms with E-state index >= 15 is 0 Å². The van der Waals surface area contributed by atoms with Crippen LogP contribution in [0.1, 0.15) is 11.1 Å². The second kappa shape index (κ2) is 9.73. The highest BCUT2D eigenvalue weighted by Gasteiger charge is 2.28. The first-order valence-corrected chi connectivity index (χ1v) is 8.71. The molecule has 8 nitrogen and oxygen atoms in total. The number of allylic oxidation sites excluding steroid dienone is 1. The lowest BCUT2D eigenvalue weighted by molar-refractivity contribution is -0.105. The third kappa shape index (κ3) is 5.17. The van der Waals surface area contributed by atoms with Crippen molar-refractivity contribution in [2.75, 3.05) is 25.0 Å². The molecule has 1 aliphatic rings. The molecule has 26 heavy (non-hydrogen) atoms. The predicted octanol–water partition coefficient (Wildman–Crippen LogP) is 1.97. The van der Waals surface area contributed by atoms with Crippen LogP contribution >= 0.6 is 11.9 Å². The van der Waals surface area contributed by atoms with E-state index < -0.39 is 0 Å². The van der Waals surface area contributed by atoms with Gasteiger partial charge in [-0.3, -0.25) is 4.79 Å². The Morgan fingerprint density at radius 1 is 1.58 bits per heavy atom. The molecule has 2 rings (SSSR count). The van der Waals surface area contributed by atoms with Crippen LogP contribution in [0.15, 0.2) is 39.5 Å². The van der Waals surface area contributed by atoms with Crippen LogP contribution < -0.4 is 11.1 Å². The first kappa shape index (κ1) is 19.7. The van der Waals surface area contributed by atoms with Gasteiger partial charge in [-0.05, 0) is 37.2 Å². The smallest absolute Gasteiger partial charge is 0.211 e. The van der Waals surface area contributed by atoms with Crippen LogP contribution in [-0.2, 0) is 9.63 Å². The van der Waals surface area contributed by atoms with Gasteiger partial charge in [0.1, 0.15) is 6.61 Å². The maximum atomic E-state index is 10.7. The average Bonchev–Trinajstić information content (AvgIpc) is 2.62. The Balaban J connectivity index is 1.87. The topological polar surface area (TPSA) is 116 Å². The lowest BCUT2D eigenvalue weighted by Crippen LogP contribution is -2.44. The normalized spacial score (nSPS) is 15.9. The van der Waals surface area contributed by atoms with Gasteiger partial charge in [-0.25, -0.2) is 9.30 Å². The lowest BCUT2D eigenvalue weighted by atomic mass is 10.1. The third-order valence-electron chi connectivity index (χ3n) is 3.79. The van der Waals surface area contributed by atoms with Crippen molar-refractivity contribution in [1.82, 2.24) is 4.31 Å². The molecule has 0 unspecified atom stereocenters. The zero-order valence-electron chi connectivity index (χ0n) is 14.5. The van der Waals surface area contributed by atoms with E-state index in [2.05, 4.69) is 26.5 Å². The van der Waals surface area contributed by atoms with E-state index in [1.54, 1.807) is 6.07 Å². The summed E-state index contributed by atoms with van der Waals surface area (Å²) in [7, 11) is 0. The Morgan fingerprint density at radius 3 is 2.96 bits per heavy atom. The van der Waals surface area contributed by atoms with Crippen LogP contribution in [0.2, 0.25) is 0 Å². The highest BCUT2D eigenvalue weighted by atomic mass is 32.2. The summed E-state index contributed by atoms with van der Waals surface area (Å²) in [6.45, 7) is 7.56. The Hall–Kier alpha value is -2.65. The van der Waals surface area contributed by atoms with Crippen molar-refractivity contribution in [3.8, 4) is 0 Å². The molecule has 138 valence electrons. The number of rotatable bonds is 9. The van der Waals surface area contributed by atoms with Crippen LogP contribution in [-0.4, -0.2) is 49.2 Å². The maximum Gasteiger partial charge on any atom is 0.211 e. The summed E-state index contributed by atoms with van der Waals surface area (Å²) in [6, 6.07) is 5.50. The minimum Gasteiger partial charge on any atom is -0.404 e. The summed E-state index contributed by atoms with van der Waals surface area (Å²) < 4.78 is 2.10. The molecule has 1 heterocycles. The number of oxime groups is 1. The van der Waals surface area contributed by atoms with Crippen molar-refractivity contribution in [2.45, 2.75) is 6.92 Å². The molecule has 0 radical (unpaired) electrons. The molecule has 0 spiro atoms. The standard InChI is InChI=1S/C17H22N6O2S/c1-12-3-4-14(5-16(12)21-11-24)17(20-2)22-25-10-13-8-23(9-13)26-15(6-18)7-19/h3-7,11,13,18H,2,8-10,19H2,1H3,(H,21,24)/b15-7+,18-6?,22-17-. The van der Waals surface area contributed by atoms with Gasteiger partial charge in [0.25, 0.3) is 0 Å². The molecule has 0 aromatic heterocycles. The summed E-state index contributed by atoms with van der Waals surface area (Å²) in [4.78, 5) is 20.7. The summed E-state index contributed by atoms with van der Waals surface area (Å²) in [6.07, 6.45) is 3.28. The highest BCUT2D eigenvalue weighted by Crippen LogP contribution is 2.28. The molecule has 0 aliphatic carbocycles. The van der Waals surface area contributed by atoms with Gasteiger partial charge in [-0.2, -0.15) is 0 Å². The lowest BCUT2D eigenvalue weighted by Gasteiger charge is -2.37. The van der Waals surface area contributed by atoms with Gasteiger partial charge < -0.3 is 21.3 Å². The number of nitrogens with two attached hydrogens (primary N) is 1. The number of nitrogens with zero attached hydrogens (tertiary/aromatic N) is 3. The Kier molecular flexibility index (Phi) is 7.37. The summed E-state index contributed by atoms with van der Waals surface area (Å²) >= 11 is 1.45.